The number of anilines is 1. The van der Waals surface area contributed by atoms with Crippen LogP contribution in [0.4, 0.5) is 23.2 Å². The third kappa shape index (κ3) is 4.11. The fourth-order valence-electron chi connectivity index (χ4n) is 2.11. The lowest BCUT2D eigenvalue weighted by Crippen LogP contribution is -2.37. The first kappa shape index (κ1) is 18.4. The van der Waals surface area contributed by atoms with E-state index >= 15 is 0 Å². The molecule has 0 aliphatic heterocycles. The Morgan fingerprint density at radius 2 is 1.76 bits per heavy atom. The van der Waals surface area contributed by atoms with E-state index in [4.69, 9.17) is 0 Å². The average molecular weight is 359 g/mol. The Labute approximate surface area is 139 Å². The number of pyridine rings is 1. The van der Waals surface area contributed by atoms with Gasteiger partial charge in [0.1, 0.15) is 11.6 Å². The van der Waals surface area contributed by atoms with Crippen LogP contribution in [0.15, 0.2) is 18.6 Å². The second-order valence-corrected chi connectivity index (χ2v) is 5.07. The zero-order valence-electron chi connectivity index (χ0n) is 13.1. The van der Waals surface area contributed by atoms with Gasteiger partial charge in [0.2, 0.25) is 0 Å². The molecule has 0 aromatic carbocycles. The van der Waals surface area contributed by atoms with Crippen LogP contribution in [0.3, 0.4) is 0 Å². The number of aromatic nitrogens is 3. The zero-order valence-corrected chi connectivity index (χ0v) is 13.1. The van der Waals surface area contributed by atoms with Gasteiger partial charge in [0.05, 0.1) is 24.1 Å². The molecule has 2 aromatic rings. The first-order chi connectivity index (χ1) is 11.7. The molecule has 2 aromatic heterocycles. The summed E-state index contributed by atoms with van der Waals surface area (Å²) in [7, 11) is 1.36. The van der Waals surface area contributed by atoms with Crippen molar-refractivity contribution < 1.29 is 27.2 Å². The minimum atomic E-state index is -2.96. The molecule has 2 heterocycles. The monoisotopic (exact) mass is 359 g/mol. The van der Waals surface area contributed by atoms with E-state index in [1.54, 1.807) is 0 Å². The van der Waals surface area contributed by atoms with Crippen LogP contribution >= 0.6 is 0 Å². The maximum atomic E-state index is 13.6. The Hall–Kier alpha value is -2.98. The molecule has 1 atom stereocenters. The minimum absolute atomic E-state index is 0.341. The lowest BCUT2D eigenvalue weighted by Gasteiger charge is -2.15. The number of rotatable bonds is 4. The molecule has 0 aliphatic rings. The lowest BCUT2D eigenvalue weighted by atomic mass is 10.1. The normalized spacial score (nSPS) is 12.1. The second-order valence-electron chi connectivity index (χ2n) is 5.07. The molecule has 0 saturated carbocycles. The SMILES string of the molecule is CC(NC(=O)C(=O)Nc1cn(C)nc1C(F)F)c1c(F)cncc1F. The molecule has 0 fully saturated rings. The van der Waals surface area contributed by atoms with E-state index in [2.05, 4.69) is 15.4 Å². The minimum Gasteiger partial charge on any atom is -0.341 e. The van der Waals surface area contributed by atoms with Crippen LogP contribution in [0.25, 0.3) is 0 Å². The van der Waals surface area contributed by atoms with Crippen LogP contribution in [0.2, 0.25) is 0 Å². The fourth-order valence-corrected chi connectivity index (χ4v) is 2.11. The highest BCUT2D eigenvalue weighted by atomic mass is 19.3. The van der Waals surface area contributed by atoms with Gasteiger partial charge in [-0.3, -0.25) is 19.3 Å². The molecule has 7 nitrogen and oxygen atoms in total. The molecule has 134 valence electrons. The van der Waals surface area contributed by atoms with Crippen molar-refractivity contribution in [2.24, 2.45) is 7.05 Å². The molecule has 2 N–H and O–H groups in total. The van der Waals surface area contributed by atoms with Crippen molar-refractivity contribution in [1.82, 2.24) is 20.1 Å². The number of alkyl halides is 2. The summed E-state index contributed by atoms with van der Waals surface area (Å²) in [6.45, 7) is 1.25. The van der Waals surface area contributed by atoms with E-state index in [0.717, 1.165) is 23.3 Å². The van der Waals surface area contributed by atoms with E-state index < -0.39 is 47.2 Å². The number of carbonyl (C=O) groups is 2. The van der Waals surface area contributed by atoms with Crippen LogP contribution in [-0.2, 0) is 16.6 Å². The van der Waals surface area contributed by atoms with Gasteiger partial charge in [-0.1, -0.05) is 0 Å². The molecule has 0 bridgehead atoms. The van der Waals surface area contributed by atoms with Crippen molar-refractivity contribution in [2.75, 3.05) is 5.32 Å². The number of nitrogens with zero attached hydrogens (tertiary/aromatic N) is 3. The topological polar surface area (TPSA) is 88.9 Å². The van der Waals surface area contributed by atoms with Crippen LogP contribution in [0.1, 0.15) is 30.6 Å². The van der Waals surface area contributed by atoms with E-state index in [1.165, 1.54) is 14.0 Å². The van der Waals surface area contributed by atoms with Gasteiger partial charge in [-0.05, 0) is 6.92 Å². The van der Waals surface area contributed by atoms with Gasteiger partial charge in [0.15, 0.2) is 5.69 Å². The van der Waals surface area contributed by atoms with Gasteiger partial charge in [0, 0.05) is 18.8 Å². The Morgan fingerprint density at radius 1 is 1.16 bits per heavy atom. The maximum Gasteiger partial charge on any atom is 0.313 e. The zero-order chi connectivity index (χ0) is 18.7. The molecule has 25 heavy (non-hydrogen) atoms. The third-order valence-corrected chi connectivity index (χ3v) is 3.19. The summed E-state index contributed by atoms with van der Waals surface area (Å²) < 4.78 is 53.8. The van der Waals surface area contributed by atoms with E-state index in [-0.39, 0.29) is 5.69 Å². The predicted octanol–water partition coefficient (Wildman–Crippen LogP) is 1.85. The van der Waals surface area contributed by atoms with Crippen LogP contribution < -0.4 is 10.6 Å². The van der Waals surface area contributed by atoms with Crippen molar-refractivity contribution >= 4 is 17.5 Å². The van der Waals surface area contributed by atoms with Gasteiger partial charge in [-0.25, -0.2) is 17.6 Å². The standard InChI is InChI=1S/C14H13F4N5O2/c1-6(10-7(15)3-19-4-8(10)16)20-13(24)14(25)21-9-5-23(2)22-11(9)12(17)18/h3-6,12H,1-2H3,(H,20,24)(H,21,25). The summed E-state index contributed by atoms with van der Waals surface area (Å²) in [5.41, 5.74) is -1.53. The molecular weight excluding hydrogens is 346 g/mol. The molecule has 2 rings (SSSR count). The van der Waals surface area contributed by atoms with Crippen molar-refractivity contribution in [2.45, 2.75) is 19.4 Å². The summed E-state index contributed by atoms with van der Waals surface area (Å²) in [4.78, 5) is 27.0. The second kappa shape index (κ2) is 7.28. The number of aryl methyl sites for hydroxylation is 1. The van der Waals surface area contributed by atoms with Gasteiger partial charge in [0.25, 0.3) is 6.43 Å². The van der Waals surface area contributed by atoms with Crippen molar-refractivity contribution in [3.8, 4) is 0 Å². The molecule has 0 spiro atoms. The molecular formula is C14H13F4N5O2. The van der Waals surface area contributed by atoms with E-state index in [0.29, 0.717) is 0 Å². The highest BCUT2D eigenvalue weighted by molar-refractivity contribution is 6.39. The van der Waals surface area contributed by atoms with Gasteiger partial charge >= 0.3 is 11.8 Å². The highest BCUT2D eigenvalue weighted by Crippen LogP contribution is 2.25. The maximum absolute atomic E-state index is 13.6. The number of carbonyl (C=O) groups excluding carboxylic acids is 2. The van der Waals surface area contributed by atoms with E-state index in [1.807, 2.05) is 5.32 Å². The largest absolute Gasteiger partial charge is 0.341 e. The first-order valence-electron chi connectivity index (χ1n) is 6.93. The average Bonchev–Trinajstić information content (AvgIpc) is 2.87. The summed E-state index contributed by atoms with van der Waals surface area (Å²) in [5, 5.41) is 7.53. The number of nitrogens with one attached hydrogen (secondary N) is 2. The Morgan fingerprint density at radius 3 is 2.32 bits per heavy atom. The summed E-state index contributed by atoms with van der Waals surface area (Å²) in [6.07, 6.45) is -0.353. The highest BCUT2D eigenvalue weighted by Gasteiger charge is 2.25. The number of hydrogen-bond donors (Lipinski definition) is 2. The third-order valence-electron chi connectivity index (χ3n) is 3.19. The molecule has 11 heteroatoms. The Kier molecular flexibility index (Phi) is 5.35. The van der Waals surface area contributed by atoms with Crippen LogP contribution in [-0.4, -0.2) is 26.6 Å². The van der Waals surface area contributed by atoms with Gasteiger partial charge < -0.3 is 10.6 Å². The summed E-state index contributed by atoms with van der Waals surface area (Å²) in [6, 6.07) is -1.19. The molecule has 0 radical (unpaired) electrons. The predicted molar refractivity (Wildman–Crippen MR) is 77.5 cm³/mol. The Bertz CT molecular complexity index is 788. The van der Waals surface area contributed by atoms with Crippen molar-refractivity contribution in [1.29, 1.82) is 0 Å². The van der Waals surface area contributed by atoms with Crippen molar-refractivity contribution in [3.05, 3.63) is 41.5 Å². The van der Waals surface area contributed by atoms with Crippen LogP contribution in [0, 0.1) is 11.6 Å². The van der Waals surface area contributed by atoms with E-state index in [9.17, 15) is 27.2 Å². The molecule has 1 unspecified atom stereocenters. The molecule has 2 amide bonds. The number of halogens is 4. The van der Waals surface area contributed by atoms with Gasteiger partial charge in [-0.2, -0.15) is 5.10 Å². The van der Waals surface area contributed by atoms with Gasteiger partial charge in [-0.15, -0.1) is 0 Å². The summed E-state index contributed by atoms with van der Waals surface area (Å²) in [5.74, 6) is -4.54. The summed E-state index contributed by atoms with van der Waals surface area (Å²) >= 11 is 0. The van der Waals surface area contributed by atoms with Crippen molar-refractivity contribution in [3.63, 3.8) is 0 Å². The number of hydrogen-bond acceptors (Lipinski definition) is 4. The molecule has 0 aliphatic carbocycles. The molecule has 0 saturated heterocycles. The first-order valence-corrected chi connectivity index (χ1v) is 6.93. The lowest BCUT2D eigenvalue weighted by molar-refractivity contribution is -0.136. The Balaban J connectivity index is 2.10. The number of amides is 2. The fraction of sp³-hybridized carbons (Fsp3) is 0.286. The van der Waals surface area contributed by atoms with Crippen LogP contribution in [0.5, 0.6) is 0 Å². The quantitative estimate of drug-likeness (QED) is 0.644. The smallest absolute Gasteiger partial charge is 0.313 e.